The number of aryl methyl sites for hydroxylation is 1. The van der Waals surface area contributed by atoms with Crippen LogP contribution in [0.4, 0.5) is 28.2 Å². The minimum atomic E-state index is -4.49. The number of carbonyl (C=O) groups excluding carboxylic acids is 1. The van der Waals surface area contributed by atoms with Crippen LogP contribution in [0.3, 0.4) is 0 Å². The number of hydrogen-bond donors (Lipinski definition) is 0. The van der Waals surface area contributed by atoms with Gasteiger partial charge in [0.2, 0.25) is 0 Å². The molecule has 0 unspecified atom stereocenters. The van der Waals surface area contributed by atoms with E-state index in [-0.39, 0.29) is 19.6 Å². The molecule has 4 rings (SSSR count). The SMILES string of the molecule is Cc1cc([C@H]2OC(=O)N(Cc3nc(N4CC(F)C4)ccc3Br)[C@H]2C)cc(C(F)(F)F)c1. The number of cyclic esters (lactones) is 1. The molecule has 0 bridgehead atoms. The van der Waals surface area contributed by atoms with E-state index in [2.05, 4.69) is 20.9 Å². The average Bonchev–Trinajstić information content (AvgIpc) is 2.94. The van der Waals surface area contributed by atoms with E-state index < -0.39 is 36.2 Å². The lowest BCUT2D eigenvalue weighted by Crippen LogP contribution is -2.49. The zero-order chi connectivity index (χ0) is 22.5. The van der Waals surface area contributed by atoms with Crippen molar-refractivity contribution in [2.45, 2.75) is 44.9 Å². The Balaban J connectivity index is 1.57. The molecule has 0 spiro atoms. The number of benzene rings is 1. The van der Waals surface area contributed by atoms with Gasteiger partial charge in [0.05, 0.1) is 36.9 Å². The van der Waals surface area contributed by atoms with Crippen LogP contribution in [-0.4, -0.2) is 41.3 Å². The fourth-order valence-corrected chi connectivity index (χ4v) is 4.18. The van der Waals surface area contributed by atoms with Gasteiger partial charge in [0.25, 0.3) is 0 Å². The summed E-state index contributed by atoms with van der Waals surface area (Å²) in [6.45, 7) is 3.95. The number of ether oxygens (including phenoxy) is 1. The molecular formula is C21H20BrF4N3O2. The van der Waals surface area contributed by atoms with Crippen LogP contribution in [0.1, 0.15) is 35.4 Å². The molecule has 2 aliphatic heterocycles. The molecule has 5 nitrogen and oxygen atoms in total. The Morgan fingerprint density at radius 2 is 1.94 bits per heavy atom. The van der Waals surface area contributed by atoms with Crippen molar-refractivity contribution in [2.75, 3.05) is 18.0 Å². The molecule has 2 aromatic rings. The molecule has 0 N–H and O–H groups in total. The minimum absolute atomic E-state index is 0.107. The molecule has 3 heterocycles. The van der Waals surface area contributed by atoms with Crippen molar-refractivity contribution < 1.29 is 27.1 Å². The van der Waals surface area contributed by atoms with E-state index in [1.807, 2.05) is 0 Å². The highest BCUT2D eigenvalue weighted by molar-refractivity contribution is 9.10. The molecule has 166 valence electrons. The summed E-state index contributed by atoms with van der Waals surface area (Å²) in [6, 6.07) is 6.72. The maximum Gasteiger partial charge on any atom is 0.416 e. The zero-order valence-corrected chi connectivity index (χ0v) is 18.4. The Kier molecular flexibility index (Phi) is 5.61. The van der Waals surface area contributed by atoms with Crippen LogP contribution in [0.2, 0.25) is 0 Å². The van der Waals surface area contributed by atoms with Gasteiger partial charge in [0.1, 0.15) is 18.1 Å². The van der Waals surface area contributed by atoms with E-state index in [4.69, 9.17) is 4.74 Å². The van der Waals surface area contributed by atoms with Gasteiger partial charge < -0.3 is 9.64 Å². The van der Waals surface area contributed by atoms with Crippen LogP contribution in [-0.2, 0) is 17.5 Å². The van der Waals surface area contributed by atoms with E-state index in [9.17, 15) is 22.4 Å². The lowest BCUT2D eigenvalue weighted by molar-refractivity contribution is -0.137. The first-order valence-electron chi connectivity index (χ1n) is 9.73. The third-order valence-electron chi connectivity index (χ3n) is 5.53. The van der Waals surface area contributed by atoms with Gasteiger partial charge >= 0.3 is 12.3 Å². The number of hydrogen-bond acceptors (Lipinski definition) is 4. The molecule has 2 fully saturated rings. The highest BCUT2D eigenvalue weighted by Gasteiger charge is 2.41. The van der Waals surface area contributed by atoms with Crippen molar-refractivity contribution in [3.8, 4) is 0 Å². The number of amides is 1. The van der Waals surface area contributed by atoms with Crippen LogP contribution in [0.25, 0.3) is 0 Å². The largest absolute Gasteiger partial charge is 0.439 e. The number of halogens is 5. The number of pyridine rings is 1. The van der Waals surface area contributed by atoms with Gasteiger partial charge in [0.15, 0.2) is 0 Å². The molecule has 2 saturated heterocycles. The van der Waals surface area contributed by atoms with Gasteiger partial charge in [-0.05, 0) is 59.6 Å². The van der Waals surface area contributed by atoms with Gasteiger partial charge in [-0.15, -0.1) is 0 Å². The monoisotopic (exact) mass is 501 g/mol. The summed E-state index contributed by atoms with van der Waals surface area (Å²) in [5, 5.41) is 0. The molecule has 10 heteroatoms. The van der Waals surface area contributed by atoms with E-state index in [1.165, 1.54) is 4.90 Å². The molecule has 1 amide bonds. The summed E-state index contributed by atoms with van der Waals surface area (Å²) >= 11 is 3.42. The summed E-state index contributed by atoms with van der Waals surface area (Å²) in [5.41, 5.74) is 0.516. The van der Waals surface area contributed by atoms with Crippen molar-refractivity contribution in [1.29, 1.82) is 0 Å². The second kappa shape index (κ2) is 7.96. The van der Waals surface area contributed by atoms with E-state index in [0.717, 1.165) is 12.1 Å². The number of nitrogens with zero attached hydrogens (tertiary/aromatic N) is 3. The number of anilines is 1. The summed E-state index contributed by atoms with van der Waals surface area (Å²) in [5.74, 6) is 0.609. The van der Waals surface area contributed by atoms with Crippen molar-refractivity contribution in [3.63, 3.8) is 0 Å². The first kappa shape index (κ1) is 21.9. The molecule has 2 aliphatic rings. The number of carbonyl (C=O) groups is 1. The van der Waals surface area contributed by atoms with Crippen molar-refractivity contribution in [1.82, 2.24) is 9.88 Å². The normalized spacial score (nSPS) is 22.0. The van der Waals surface area contributed by atoms with Gasteiger partial charge in [-0.25, -0.2) is 14.2 Å². The molecular weight excluding hydrogens is 482 g/mol. The maximum atomic E-state index is 13.2. The van der Waals surface area contributed by atoms with Gasteiger partial charge in [-0.2, -0.15) is 13.2 Å². The zero-order valence-electron chi connectivity index (χ0n) is 16.8. The van der Waals surface area contributed by atoms with Crippen LogP contribution in [0, 0.1) is 6.92 Å². The van der Waals surface area contributed by atoms with Crippen LogP contribution in [0.5, 0.6) is 0 Å². The second-order valence-electron chi connectivity index (χ2n) is 7.90. The molecule has 1 aromatic carbocycles. The summed E-state index contributed by atoms with van der Waals surface area (Å²) in [7, 11) is 0. The van der Waals surface area contributed by atoms with Gasteiger partial charge in [0, 0.05) is 4.47 Å². The Hall–Kier alpha value is -2.36. The van der Waals surface area contributed by atoms with Gasteiger partial charge in [-0.3, -0.25) is 4.90 Å². The summed E-state index contributed by atoms with van der Waals surface area (Å²) in [4.78, 5) is 20.3. The summed E-state index contributed by atoms with van der Waals surface area (Å²) in [6.07, 6.45) is -6.83. The summed E-state index contributed by atoms with van der Waals surface area (Å²) < 4.78 is 59.0. The number of rotatable bonds is 4. The van der Waals surface area contributed by atoms with E-state index >= 15 is 0 Å². The lowest BCUT2D eigenvalue weighted by atomic mass is 9.98. The number of aromatic nitrogens is 1. The number of alkyl halides is 4. The average molecular weight is 502 g/mol. The van der Waals surface area contributed by atoms with Crippen molar-refractivity contribution >= 4 is 27.8 Å². The lowest BCUT2D eigenvalue weighted by Gasteiger charge is -2.35. The quantitative estimate of drug-likeness (QED) is 0.525. The molecule has 2 atom stereocenters. The van der Waals surface area contributed by atoms with Crippen LogP contribution >= 0.6 is 15.9 Å². The second-order valence-corrected chi connectivity index (χ2v) is 8.76. The highest BCUT2D eigenvalue weighted by Crippen LogP contribution is 2.38. The standard InChI is InChI=1S/C21H20BrF4N3O2/c1-11-5-13(7-14(6-11)21(24,25)26)19-12(2)29(20(30)31-19)10-17-16(22)3-4-18(27-17)28-8-15(23)9-28/h3-7,12,15,19H,8-10H2,1-2H3/t12-,19-/m0/s1. The maximum absolute atomic E-state index is 13.2. The van der Waals surface area contributed by atoms with Crippen LogP contribution in [0.15, 0.2) is 34.8 Å². The predicted octanol–water partition coefficient (Wildman–Crippen LogP) is 5.41. The topological polar surface area (TPSA) is 45.7 Å². The fourth-order valence-electron chi connectivity index (χ4n) is 3.83. The van der Waals surface area contributed by atoms with Gasteiger partial charge in [-0.1, -0.05) is 11.6 Å². The molecule has 0 saturated carbocycles. The fraction of sp³-hybridized carbons (Fsp3) is 0.429. The third-order valence-corrected chi connectivity index (χ3v) is 6.25. The van der Waals surface area contributed by atoms with Crippen molar-refractivity contribution in [3.05, 3.63) is 57.2 Å². The first-order valence-corrected chi connectivity index (χ1v) is 10.5. The van der Waals surface area contributed by atoms with E-state index in [0.29, 0.717) is 27.1 Å². The molecule has 1 aromatic heterocycles. The van der Waals surface area contributed by atoms with Crippen LogP contribution < -0.4 is 4.90 Å². The Morgan fingerprint density at radius 1 is 1.23 bits per heavy atom. The molecule has 31 heavy (non-hydrogen) atoms. The predicted molar refractivity (Wildman–Crippen MR) is 109 cm³/mol. The smallest absolute Gasteiger partial charge is 0.416 e. The third kappa shape index (κ3) is 4.35. The minimum Gasteiger partial charge on any atom is -0.439 e. The molecule has 0 aliphatic carbocycles. The molecule has 0 radical (unpaired) electrons. The first-order chi connectivity index (χ1) is 14.5. The van der Waals surface area contributed by atoms with Crippen molar-refractivity contribution in [2.24, 2.45) is 0 Å². The van der Waals surface area contributed by atoms with E-state index in [1.54, 1.807) is 36.9 Å². The Labute approximate surface area is 185 Å². The Morgan fingerprint density at radius 3 is 2.58 bits per heavy atom. The highest BCUT2D eigenvalue weighted by atomic mass is 79.9. The Bertz CT molecular complexity index is 1010.